The molecule has 0 aromatic carbocycles. The van der Waals surface area contributed by atoms with Gasteiger partial charge in [0.15, 0.2) is 12.1 Å². The minimum Gasteiger partial charge on any atom is -0.477 e. The third kappa shape index (κ3) is 44.7. The summed E-state index contributed by atoms with van der Waals surface area (Å²) in [6, 6.07) is -0.637. The number of hydrogen-bond acceptors (Lipinski definition) is 6. The standard InChI is InChI=1S/C58H91NO7/c1-6-8-10-12-14-16-18-20-22-24-26-28-29-31-32-34-36-38-40-42-44-46-48-56(60)65-53-54(52-64-51-50-55(58(62)63)59(3,4)5)66-57(61)49-47-45-43-41-39-37-35-33-30-27-25-23-21-19-17-15-13-11-9-7-2/h8-11,14-17,20-23,26-28,30-32,35,37,41,43,54-55H,6-7,12-13,18-19,24-25,29,33-34,36,38-40,42,44-53H2,1-5H3/p+1/b10-8+,11-9+,16-14+,17-15+,22-20+,23-21+,28-26+,30-27+,32-31+,37-35+,43-41+. The molecule has 370 valence electrons. The normalized spacial score (nSPS) is 14.0. The predicted octanol–water partition coefficient (Wildman–Crippen LogP) is 14.7. The molecular formula is C58H92NO7+. The monoisotopic (exact) mass is 915 g/mol. The van der Waals surface area contributed by atoms with Crippen LogP contribution in [0.3, 0.4) is 0 Å². The van der Waals surface area contributed by atoms with Gasteiger partial charge in [-0.25, -0.2) is 4.79 Å². The van der Waals surface area contributed by atoms with E-state index in [0.29, 0.717) is 19.3 Å². The number of carboxylic acid groups (broad SMARTS) is 1. The molecule has 66 heavy (non-hydrogen) atoms. The molecule has 0 fully saturated rings. The number of aliphatic carboxylic acids is 1. The quantitative estimate of drug-likeness (QED) is 0.0281. The number of likely N-dealkylation sites (N-methyl/N-ethyl adjacent to an activating group) is 1. The first-order chi connectivity index (χ1) is 32.1. The van der Waals surface area contributed by atoms with Gasteiger partial charge in [0.25, 0.3) is 0 Å². The minimum absolute atomic E-state index is 0.0231. The van der Waals surface area contributed by atoms with Crippen molar-refractivity contribution in [1.29, 1.82) is 0 Å². The minimum atomic E-state index is -0.892. The zero-order valence-corrected chi connectivity index (χ0v) is 42.1. The number of allylic oxidation sites excluding steroid dienone is 22. The average Bonchev–Trinajstić information content (AvgIpc) is 3.28. The number of ether oxygens (including phenoxy) is 3. The Kier molecular flexibility index (Phi) is 43.8. The maximum atomic E-state index is 12.8. The Labute approximate surface area is 403 Å². The summed E-state index contributed by atoms with van der Waals surface area (Å²) < 4.78 is 17.3. The molecule has 0 aliphatic heterocycles. The molecule has 0 aliphatic rings. The lowest BCUT2D eigenvalue weighted by Crippen LogP contribution is -2.50. The van der Waals surface area contributed by atoms with E-state index in [-0.39, 0.29) is 42.7 Å². The number of nitrogens with zero attached hydrogens (tertiary/aromatic N) is 1. The number of hydrogen-bond donors (Lipinski definition) is 1. The second-order valence-corrected chi connectivity index (χ2v) is 17.3. The highest BCUT2D eigenvalue weighted by Crippen LogP contribution is 2.12. The van der Waals surface area contributed by atoms with Gasteiger partial charge in [0.05, 0.1) is 34.4 Å². The number of unbranched alkanes of at least 4 members (excludes halogenated alkanes) is 7. The van der Waals surface area contributed by atoms with Gasteiger partial charge in [0, 0.05) is 19.3 Å². The Bertz CT molecular complexity index is 1530. The summed E-state index contributed by atoms with van der Waals surface area (Å²) in [4.78, 5) is 37.1. The SMILES string of the molecule is CC/C=C/C/C=C/C/C=C/C/C=C/C/C=C/C/C=C/CCCC(=O)OC(COCCC(C(=O)O)[N+](C)(C)C)COC(=O)CCCCCCCC/C=C/C/C=C/C/C=C/C/C=C/C/C=C/CC. The Morgan fingerprint density at radius 1 is 0.455 bits per heavy atom. The Hall–Kier alpha value is -4.53. The number of rotatable bonds is 43. The summed E-state index contributed by atoms with van der Waals surface area (Å²) in [5, 5.41) is 9.65. The second-order valence-electron chi connectivity index (χ2n) is 17.3. The highest BCUT2D eigenvalue weighted by Gasteiger charge is 2.31. The van der Waals surface area contributed by atoms with Gasteiger partial charge in [-0.05, 0) is 103 Å². The van der Waals surface area contributed by atoms with Crippen LogP contribution in [0.15, 0.2) is 134 Å². The van der Waals surface area contributed by atoms with Gasteiger partial charge in [-0.2, -0.15) is 0 Å². The van der Waals surface area contributed by atoms with Crippen LogP contribution in [0.25, 0.3) is 0 Å². The van der Waals surface area contributed by atoms with Gasteiger partial charge >= 0.3 is 17.9 Å². The van der Waals surface area contributed by atoms with E-state index in [0.717, 1.165) is 109 Å². The fraction of sp³-hybridized carbons (Fsp3) is 0.569. The second kappa shape index (κ2) is 47.0. The van der Waals surface area contributed by atoms with Crippen LogP contribution in [-0.4, -0.2) is 80.6 Å². The van der Waals surface area contributed by atoms with Gasteiger partial charge in [0.2, 0.25) is 0 Å². The smallest absolute Gasteiger partial charge is 0.362 e. The van der Waals surface area contributed by atoms with E-state index < -0.39 is 18.1 Å². The Morgan fingerprint density at radius 3 is 1.23 bits per heavy atom. The molecule has 0 amide bonds. The highest BCUT2D eigenvalue weighted by molar-refractivity contribution is 5.72. The molecule has 0 saturated heterocycles. The molecule has 8 nitrogen and oxygen atoms in total. The summed E-state index contributed by atoms with van der Waals surface area (Å²) in [5.74, 6) is -1.58. The van der Waals surface area contributed by atoms with Crippen molar-refractivity contribution < 1.29 is 38.2 Å². The van der Waals surface area contributed by atoms with Gasteiger partial charge in [-0.15, -0.1) is 0 Å². The molecule has 0 heterocycles. The van der Waals surface area contributed by atoms with Crippen LogP contribution in [0, 0.1) is 0 Å². The molecule has 0 aromatic rings. The van der Waals surface area contributed by atoms with E-state index in [1.165, 1.54) is 12.8 Å². The van der Waals surface area contributed by atoms with Crippen LogP contribution >= 0.6 is 0 Å². The topological polar surface area (TPSA) is 99.1 Å². The highest BCUT2D eigenvalue weighted by atomic mass is 16.6. The summed E-state index contributed by atoms with van der Waals surface area (Å²) in [6.45, 7) is 4.41. The molecule has 0 aliphatic carbocycles. The first kappa shape index (κ1) is 61.5. The molecule has 2 atom stereocenters. The van der Waals surface area contributed by atoms with Crippen LogP contribution in [0.2, 0.25) is 0 Å². The van der Waals surface area contributed by atoms with E-state index in [2.05, 4.69) is 148 Å². The first-order valence-corrected chi connectivity index (χ1v) is 25.2. The Morgan fingerprint density at radius 2 is 0.818 bits per heavy atom. The van der Waals surface area contributed by atoms with Crippen molar-refractivity contribution >= 4 is 17.9 Å². The summed E-state index contributed by atoms with van der Waals surface area (Å²) in [5.41, 5.74) is 0. The van der Waals surface area contributed by atoms with Crippen LogP contribution in [0.5, 0.6) is 0 Å². The molecule has 8 heteroatoms. The fourth-order valence-electron chi connectivity index (χ4n) is 6.48. The molecule has 2 unspecified atom stereocenters. The number of carboxylic acids is 1. The molecule has 0 rings (SSSR count). The van der Waals surface area contributed by atoms with Crippen LogP contribution < -0.4 is 0 Å². The number of carbonyl (C=O) groups excluding carboxylic acids is 2. The molecule has 1 N–H and O–H groups in total. The van der Waals surface area contributed by atoms with Crippen molar-refractivity contribution in [3.63, 3.8) is 0 Å². The number of quaternary nitrogens is 1. The Balaban J connectivity index is 4.42. The summed E-state index contributed by atoms with van der Waals surface area (Å²) >= 11 is 0. The zero-order chi connectivity index (χ0) is 48.4. The van der Waals surface area contributed by atoms with E-state index in [1.54, 1.807) is 0 Å². The van der Waals surface area contributed by atoms with Gasteiger partial charge in [-0.1, -0.05) is 173 Å². The van der Waals surface area contributed by atoms with Crippen molar-refractivity contribution in [2.75, 3.05) is 41.0 Å². The van der Waals surface area contributed by atoms with Crippen molar-refractivity contribution in [3.05, 3.63) is 134 Å². The average molecular weight is 915 g/mol. The zero-order valence-electron chi connectivity index (χ0n) is 42.1. The largest absolute Gasteiger partial charge is 0.477 e. The molecular weight excluding hydrogens is 823 g/mol. The summed E-state index contributed by atoms with van der Waals surface area (Å²) in [7, 11) is 5.49. The lowest BCUT2D eigenvalue weighted by Gasteiger charge is -2.31. The molecule has 0 aromatic heterocycles. The van der Waals surface area contributed by atoms with Gasteiger partial charge in [-0.3, -0.25) is 9.59 Å². The van der Waals surface area contributed by atoms with Crippen LogP contribution in [0.4, 0.5) is 0 Å². The molecule has 0 saturated carbocycles. The number of carbonyl (C=O) groups is 3. The summed E-state index contributed by atoms with van der Waals surface area (Å²) in [6.07, 6.45) is 67.9. The van der Waals surface area contributed by atoms with E-state index >= 15 is 0 Å². The molecule has 0 radical (unpaired) electrons. The molecule has 0 bridgehead atoms. The molecule has 0 spiro atoms. The van der Waals surface area contributed by atoms with Crippen LogP contribution in [-0.2, 0) is 28.6 Å². The van der Waals surface area contributed by atoms with E-state index in [4.69, 9.17) is 14.2 Å². The maximum Gasteiger partial charge on any atom is 0.362 e. The van der Waals surface area contributed by atoms with Crippen molar-refractivity contribution in [2.45, 2.75) is 174 Å². The lowest BCUT2D eigenvalue weighted by atomic mass is 10.1. The predicted molar refractivity (Wildman–Crippen MR) is 279 cm³/mol. The van der Waals surface area contributed by atoms with E-state index in [9.17, 15) is 19.5 Å². The number of esters is 2. The van der Waals surface area contributed by atoms with Gasteiger partial charge < -0.3 is 23.8 Å². The van der Waals surface area contributed by atoms with Crippen LogP contribution in [0.1, 0.15) is 162 Å². The first-order valence-electron chi connectivity index (χ1n) is 25.2. The lowest BCUT2D eigenvalue weighted by molar-refractivity contribution is -0.887. The fourth-order valence-corrected chi connectivity index (χ4v) is 6.48. The van der Waals surface area contributed by atoms with Gasteiger partial charge in [0.1, 0.15) is 6.61 Å². The van der Waals surface area contributed by atoms with Crippen molar-refractivity contribution in [1.82, 2.24) is 0 Å². The van der Waals surface area contributed by atoms with E-state index in [1.807, 2.05) is 21.1 Å². The third-order valence-corrected chi connectivity index (χ3v) is 10.3. The van der Waals surface area contributed by atoms with Crippen molar-refractivity contribution in [2.24, 2.45) is 0 Å². The maximum absolute atomic E-state index is 12.8. The third-order valence-electron chi connectivity index (χ3n) is 10.3. The van der Waals surface area contributed by atoms with Crippen molar-refractivity contribution in [3.8, 4) is 0 Å².